The Labute approximate surface area is 200 Å². The maximum atomic E-state index is 13.1. The summed E-state index contributed by atoms with van der Waals surface area (Å²) >= 11 is 0. The van der Waals surface area contributed by atoms with Crippen LogP contribution in [0.4, 0.5) is 29.3 Å². The summed E-state index contributed by atoms with van der Waals surface area (Å²) < 4.78 is 41.0. The third-order valence-electron chi connectivity index (χ3n) is 4.96. The minimum absolute atomic E-state index is 0.0989. The number of phenols is 1. The van der Waals surface area contributed by atoms with Gasteiger partial charge in [0.2, 0.25) is 0 Å². The lowest BCUT2D eigenvalue weighted by molar-refractivity contribution is -0.275. The monoisotopic (exact) mass is 484 g/mol. The minimum atomic E-state index is -4.95. The lowest BCUT2D eigenvalue weighted by Gasteiger charge is -2.25. The quantitative estimate of drug-likeness (QED) is 0.467. The van der Waals surface area contributed by atoms with Crippen LogP contribution in [-0.4, -0.2) is 49.6 Å². The number of hydrogen-bond acceptors (Lipinski definition) is 5. The lowest BCUT2D eigenvalue weighted by atomic mass is 10.0. The Morgan fingerprint density at radius 2 is 1.74 bits per heavy atom. The fourth-order valence-corrected chi connectivity index (χ4v) is 3.25. The highest BCUT2D eigenvalue weighted by molar-refractivity contribution is 6.02. The molecule has 0 heterocycles. The number of halogens is 3. The molecule has 7 nitrogen and oxygen atoms in total. The third-order valence-corrected chi connectivity index (χ3v) is 4.96. The molecule has 3 aromatic rings. The highest BCUT2D eigenvalue weighted by Gasteiger charge is 2.32. The van der Waals surface area contributed by atoms with Crippen molar-refractivity contribution in [3.8, 4) is 28.7 Å². The molecule has 0 bridgehead atoms. The van der Waals surface area contributed by atoms with E-state index in [0.717, 1.165) is 23.3 Å². The average Bonchev–Trinajstić information content (AvgIpc) is 2.80. The van der Waals surface area contributed by atoms with Crippen molar-refractivity contribution in [2.45, 2.75) is 6.36 Å². The van der Waals surface area contributed by atoms with E-state index < -0.39 is 23.9 Å². The van der Waals surface area contributed by atoms with Crippen LogP contribution in [0, 0.1) is 11.3 Å². The van der Waals surface area contributed by atoms with Gasteiger partial charge in [0.25, 0.3) is 0 Å². The fraction of sp³-hybridized carbons (Fsp3) is 0.200. The Morgan fingerprint density at radius 3 is 2.34 bits per heavy atom. The van der Waals surface area contributed by atoms with Gasteiger partial charge in [-0.15, -0.1) is 13.2 Å². The average molecular weight is 484 g/mol. The van der Waals surface area contributed by atoms with Crippen LogP contribution in [0.15, 0.2) is 66.7 Å². The van der Waals surface area contributed by atoms with E-state index in [-0.39, 0.29) is 5.69 Å². The van der Waals surface area contributed by atoms with Gasteiger partial charge in [-0.1, -0.05) is 24.3 Å². The van der Waals surface area contributed by atoms with Crippen LogP contribution in [-0.2, 0) is 0 Å². The van der Waals surface area contributed by atoms with Crippen LogP contribution >= 0.6 is 0 Å². The van der Waals surface area contributed by atoms with Crippen LogP contribution in [0.25, 0.3) is 11.1 Å². The van der Waals surface area contributed by atoms with E-state index in [1.54, 1.807) is 30.3 Å². The molecule has 0 saturated heterocycles. The molecule has 0 atom stereocenters. The Hall–Kier alpha value is -4.23. The number of urea groups is 1. The number of likely N-dealkylation sites (N-methyl/N-ethyl adjacent to an activating group) is 1. The number of nitriles is 1. The van der Waals surface area contributed by atoms with E-state index in [9.17, 15) is 23.1 Å². The molecule has 2 N–H and O–H groups in total. The fourth-order valence-electron chi connectivity index (χ4n) is 3.25. The molecule has 2 amide bonds. The Kier molecular flexibility index (Phi) is 7.83. The lowest BCUT2D eigenvalue weighted by Crippen LogP contribution is -2.39. The zero-order valence-electron chi connectivity index (χ0n) is 19.0. The molecule has 3 aromatic carbocycles. The summed E-state index contributed by atoms with van der Waals surface area (Å²) in [6, 6.07) is 19.0. The number of ether oxygens (including phenoxy) is 1. The summed E-state index contributed by atoms with van der Waals surface area (Å²) in [5.74, 6) is -1.53. The summed E-state index contributed by atoms with van der Waals surface area (Å²) in [7, 11) is 3.72. The predicted molar refractivity (Wildman–Crippen MR) is 126 cm³/mol. The van der Waals surface area contributed by atoms with Crippen molar-refractivity contribution >= 4 is 17.4 Å². The number of alkyl halides is 3. The van der Waals surface area contributed by atoms with Crippen molar-refractivity contribution in [2.24, 2.45) is 0 Å². The number of aromatic hydroxyl groups is 1. The van der Waals surface area contributed by atoms with Crippen molar-refractivity contribution in [3.05, 3.63) is 72.3 Å². The number of amides is 2. The number of carbonyl (C=O) groups is 1. The summed E-state index contributed by atoms with van der Waals surface area (Å²) in [4.78, 5) is 16.4. The second-order valence-corrected chi connectivity index (χ2v) is 7.85. The van der Waals surface area contributed by atoms with Crippen LogP contribution in [0.1, 0.15) is 5.56 Å². The summed E-state index contributed by atoms with van der Waals surface area (Å²) in [6.45, 7) is 0.867. The Balaban J connectivity index is 1.81. The van der Waals surface area contributed by atoms with Crippen molar-refractivity contribution in [2.75, 3.05) is 37.4 Å². The van der Waals surface area contributed by atoms with Crippen molar-refractivity contribution in [1.82, 2.24) is 4.90 Å². The molecule has 3 rings (SSSR count). The van der Waals surface area contributed by atoms with E-state index in [1.165, 1.54) is 11.0 Å². The third kappa shape index (κ3) is 7.12. The Morgan fingerprint density at radius 1 is 1.03 bits per heavy atom. The van der Waals surface area contributed by atoms with Gasteiger partial charge in [-0.2, -0.15) is 5.26 Å². The molecular weight excluding hydrogens is 461 g/mol. The number of anilines is 2. The van der Waals surface area contributed by atoms with Gasteiger partial charge in [-0.25, -0.2) is 4.79 Å². The van der Waals surface area contributed by atoms with Gasteiger partial charge in [0, 0.05) is 30.5 Å². The predicted octanol–water partition coefficient (Wildman–Crippen LogP) is 5.43. The zero-order valence-corrected chi connectivity index (χ0v) is 19.0. The molecule has 0 aliphatic carbocycles. The zero-order chi connectivity index (χ0) is 25.6. The van der Waals surface area contributed by atoms with Gasteiger partial charge in [0.15, 0.2) is 11.5 Å². The molecular formula is C25H23F3N4O3. The van der Waals surface area contributed by atoms with Crippen LogP contribution < -0.4 is 15.0 Å². The summed E-state index contributed by atoms with van der Waals surface area (Å²) in [5.41, 5.74) is 2.95. The molecule has 0 saturated carbocycles. The minimum Gasteiger partial charge on any atom is -0.504 e. The first-order valence-corrected chi connectivity index (χ1v) is 10.5. The highest BCUT2D eigenvalue weighted by atomic mass is 19.4. The normalized spacial score (nSPS) is 11.1. The molecule has 182 valence electrons. The van der Waals surface area contributed by atoms with Gasteiger partial charge in [0.1, 0.15) is 0 Å². The number of carbonyl (C=O) groups excluding carboxylic acids is 1. The van der Waals surface area contributed by atoms with Crippen molar-refractivity contribution < 1.29 is 27.8 Å². The first-order chi connectivity index (χ1) is 16.6. The second kappa shape index (κ2) is 10.8. The smallest absolute Gasteiger partial charge is 0.504 e. The van der Waals surface area contributed by atoms with Crippen LogP contribution in [0.2, 0.25) is 0 Å². The summed E-state index contributed by atoms with van der Waals surface area (Å²) in [5, 5.41) is 21.6. The SMILES string of the molecule is CN(C)CCN(C(=O)Nc1ccc(OC(F)(F)F)c(O)c1)c1ccc(-c2cccc(C#N)c2)cc1. The van der Waals surface area contributed by atoms with E-state index >= 15 is 0 Å². The number of phenolic OH excluding ortho intramolecular Hbond substituents is 1. The highest BCUT2D eigenvalue weighted by Crippen LogP contribution is 2.33. The van der Waals surface area contributed by atoms with Gasteiger partial charge < -0.3 is 20.1 Å². The first-order valence-electron chi connectivity index (χ1n) is 10.5. The largest absolute Gasteiger partial charge is 0.573 e. The van der Waals surface area contributed by atoms with Gasteiger partial charge in [0.05, 0.1) is 11.6 Å². The molecule has 0 spiro atoms. The van der Waals surface area contributed by atoms with Crippen LogP contribution in [0.5, 0.6) is 11.5 Å². The second-order valence-electron chi connectivity index (χ2n) is 7.85. The molecule has 10 heteroatoms. The van der Waals surface area contributed by atoms with Crippen molar-refractivity contribution in [1.29, 1.82) is 5.26 Å². The molecule has 0 aromatic heterocycles. The Bertz CT molecular complexity index is 1220. The maximum absolute atomic E-state index is 13.1. The molecule has 0 aliphatic heterocycles. The van der Waals surface area contributed by atoms with Gasteiger partial charge >= 0.3 is 12.4 Å². The molecule has 0 fully saturated rings. The number of benzene rings is 3. The molecule has 0 aliphatic rings. The number of rotatable bonds is 7. The maximum Gasteiger partial charge on any atom is 0.573 e. The number of nitrogens with zero attached hydrogens (tertiary/aromatic N) is 3. The van der Waals surface area contributed by atoms with E-state index in [1.807, 2.05) is 37.2 Å². The van der Waals surface area contributed by atoms with Crippen molar-refractivity contribution in [3.63, 3.8) is 0 Å². The topological polar surface area (TPSA) is 88.8 Å². The molecule has 0 radical (unpaired) electrons. The number of hydrogen-bond donors (Lipinski definition) is 2. The molecule has 0 unspecified atom stereocenters. The van der Waals surface area contributed by atoms with E-state index in [0.29, 0.717) is 24.3 Å². The summed E-state index contributed by atoms with van der Waals surface area (Å²) in [6.07, 6.45) is -4.95. The first kappa shape index (κ1) is 25.4. The van der Waals surface area contributed by atoms with E-state index in [4.69, 9.17) is 5.26 Å². The van der Waals surface area contributed by atoms with E-state index in [2.05, 4.69) is 16.1 Å². The molecule has 35 heavy (non-hydrogen) atoms. The van der Waals surface area contributed by atoms with Gasteiger partial charge in [-0.3, -0.25) is 4.90 Å². The van der Waals surface area contributed by atoms with Crippen LogP contribution in [0.3, 0.4) is 0 Å². The van der Waals surface area contributed by atoms with Gasteiger partial charge in [-0.05, 0) is 61.6 Å². The standard InChI is InChI=1S/C25H23F3N4O3/c1-31(2)12-13-32(21-9-6-18(7-10-21)19-5-3-4-17(14-19)16-29)24(34)30-20-8-11-23(22(33)15-20)35-25(26,27)28/h3-11,14-15,33H,12-13H2,1-2H3,(H,30,34). The number of nitrogens with one attached hydrogen (secondary N) is 1.